The van der Waals surface area contributed by atoms with Crippen molar-refractivity contribution in [3.8, 4) is 22.8 Å². The fraction of sp³-hybridized carbons (Fsp3) is 0.217. The minimum atomic E-state index is -4.70. The molecule has 0 fully saturated rings. The van der Waals surface area contributed by atoms with Crippen LogP contribution in [0.2, 0.25) is 0 Å². The van der Waals surface area contributed by atoms with Crippen molar-refractivity contribution < 1.29 is 40.3 Å². The summed E-state index contributed by atoms with van der Waals surface area (Å²) in [5, 5.41) is 13.8. The number of nitrogens with one attached hydrogen (secondary N) is 1. The number of halogens is 7. The Labute approximate surface area is 210 Å². The van der Waals surface area contributed by atoms with Crippen molar-refractivity contribution >= 4 is 11.6 Å². The Hall–Kier alpha value is -4.43. The van der Waals surface area contributed by atoms with Crippen LogP contribution in [-0.4, -0.2) is 45.0 Å². The van der Waals surface area contributed by atoms with E-state index >= 15 is 0 Å². The Morgan fingerprint density at radius 1 is 1.08 bits per heavy atom. The van der Waals surface area contributed by atoms with Crippen LogP contribution in [0.5, 0.6) is 5.75 Å². The number of rotatable bonds is 5. The zero-order chi connectivity index (χ0) is 28.4. The Bertz CT molecular complexity index is 1460. The van der Waals surface area contributed by atoms with Crippen LogP contribution in [0.25, 0.3) is 17.1 Å². The third kappa shape index (κ3) is 5.31. The van der Waals surface area contributed by atoms with E-state index in [0.717, 1.165) is 9.36 Å². The van der Waals surface area contributed by atoms with Gasteiger partial charge in [-0.05, 0) is 19.1 Å². The molecule has 0 radical (unpaired) electrons. The SMILES string of the molecule is CF.COc1c(NC(=O)c2c(F)cc(F)cc2F)cccc1-c1cn(-c2c(C(F)(F)F)c(C)nn2C)nn1. The van der Waals surface area contributed by atoms with Gasteiger partial charge < -0.3 is 10.1 Å². The molecule has 0 aliphatic carbocycles. The topological polar surface area (TPSA) is 86.9 Å². The maximum atomic E-state index is 14.0. The number of hydrogen-bond donors (Lipinski definition) is 1. The predicted molar refractivity (Wildman–Crippen MR) is 121 cm³/mol. The smallest absolute Gasteiger partial charge is 0.421 e. The number of hydrogen-bond acceptors (Lipinski definition) is 5. The Kier molecular flexibility index (Phi) is 8.07. The molecule has 0 atom stereocenters. The highest BCUT2D eigenvalue weighted by atomic mass is 19.4. The Morgan fingerprint density at radius 2 is 1.71 bits per heavy atom. The highest BCUT2D eigenvalue weighted by Gasteiger charge is 2.39. The van der Waals surface area contributed by atoms with Crippen LogP contribution in [0.1, 0.15) is 21.6 Å². The minimum absolute atomic E-state index is 0.0157. The van der Waals surface area contributed by atoms with Gasteiger partial charge in [-0.2, -0.15) is 18.3 Å². The van der Waals surface area contributed by atoms with E-state index in [1.165, 1.54) is 45.5 Å². The number of benzene rings is 2. The van der Waals surface area contributed by atoms with Crippen molar-refractivity contribution in [1.82, 2.24) is 24.8 Å². The normalized spacial score (nSPS) is 11.1. The Morgan fingerprint density at radius 3 is 2.29 bits per heavy atom. The quantitative estimate of drug-likeness (QED) is 0.347. The van der Waals surface area contributed by atoms with Crippen LogP contribution in [0, 0.1) is 24.4 Å². The minimum Gasteiger partial charge on any atom is -0.494 e. The summed E-state index contributed by atoms with van der Waals surface area (Å²) in [5.41, 5.74) is -2.02. The fourth-order valence-corrected chi connectivity index (χ4v) is 3.73. The van der Waals surface area contributed by atoms with Crippen molar-refractivity contribution in [3.63, 3.8) is 0 Å². The van der Waals surface area contributed by atoms with Gasteiger partial charge in [0.2, 0.25) is 0 Å². The first kappa shape index (κ1) is 28.1. The molecule has 0 aliphatic rings. The molecule has 2 aromatic heterocycles. The van der Waals surface area contributed by atoms with E-state index in [9.17, 15) is 35.5 Å². The second kappa shape index (κ2) is 10.9. The number of para-hydroxylation sites is 1. The molecule has 0 spiro atoms. The summed E-state index contributed by atoms with van der Waals surface area (Å²) in [6.07, 6.45) is -3.50. The van der Waals surface area contributed by atoms with Gasteiger partial charge >= 0.3 is 6.18 Å². The molecular formula is C23H19F7N6O2. The lowest BCUT2D eigenvalue weighted by Crippen LogP contribution is -2.17. The van der Waals surface area contributed by atoms with Gasteiger partial charge in [-0.1, -0.05) is 11.3 Å². The number of alkyl halides is 4. The van der Waals surface area contributed by atoms with Gasteiger partial charge in [0.15, 0.2) is 11.6 Å². The molecule has 0 saturated heterocycles. The maximum absolute atomic E-state index is 14.0. The van der Waals surface area contributed by atoms with Crippen molar-refractivity contribution in [3.05, 3.63) is 70.8 Å². The third-order valence-corrected chi connectivity index (χ3v) is 5.16. The molecule has 202 valence electrons. The number of ether oxygens (including phenoxy) is 1. The van der Waals surface area contributed by atoms with E-state index < -0.39 is 40.7 Å². The summed E-state index contributed by atoms with van der Waals surface area (Å²) in [4.78, 5) is 12.5. The molecular weight excluding hydrogens is 525 g/mol. The van der Waals surface area contributed by atoms with Crippen LogP contribution in [0.15, 0.2) is 36.5 Å². The molecule has 15 heteroatoms. The molecule has 4 rings (SSSR count). The van der Waals surface area contributed by atoms with Gasteiger partial charge in [0, 0.05) is 24.7 Å². The van der Waals surface area contributed by atoms with Crippen LogP contribution in [-0.2, 0) is 13.2 Å². The van der Waals surface area contributed by atoms with Crippen LogP contribution in [0.4, 0.5) is 36.4 Å². The zero-order valence-electron chi connectivity index (χ0n) is 20.2. The van der Waals surface area contributed by atoms with Crippen molar-refractivity contribution in [1.29, 1.82) is 0 Å². The van der Waals surface area contributed by atoms with Gasteiger partial charge in [0.05, 0.1) is 31.9 Å². The lowest BCUT2D eigenvalue weighted by atomic mass is 10.1. The van der Waals surface area contributed by atoms with E-state index in [1.54, 1.807) is 0 Å². The first-order valence-corrected chi connectivity index (χ1v) is 10.5. The summed E-state index contributed by atoms with van der Waals surface area (Å²) in [5.74, 6) is -5.61. The molecule has 8 nitrogen and oxygen atoms in total. The summed E-state index contributed by atoms with van der Waals surface area (Å²) >= 11 is 0. The van der Waals surface area contributed by atoms with Gasteiger partial charge in [0.1, 0.15) is 34.3 Å². The number of nitrogens with zero attached hydrogens (tertiary/aromatic N) is 5. The molecule has 0 saturated carbocycles. The van der Waals surface area contributed by atoms with Gasteiger partial charge in [-0.3, -0.25) is 13.9 Å². The van der Waals surface area contributed by atoms with Crippen LogP contribution < -0.4 is 10.1 Å². The van der Waals surface area contributed by atoms with Crippen molar-refractivity contribution in [2.45, 2.75) is 13.1 Å². The largest absolute Gasteiger partial charge is 0.494 e. The van der Waals surface area contributed by atoms with E-state index in [4.69, 9.17) is 4.74 Å². The van der Waals surface area contributed by atoms with E-state index in [0.29, 0.717) is 19.3 Å². The summed E-state index contributed by atoms with van der Waals surface area (Å²) in [7, 11) is 3.06. The van der Waals surface area contributed by atoms with E-state index in [1.807, 2.05) is 0 Å². The van der Waals surface area contributed by atoms with Gasteiger partial charge in [-0.25, -0.2) is 17.9 Å². The lowest BCUT2D eigenvalue weighted by Gasteiger charge is -2.14. The molecule has 4 aromatic rings. The van der Waals surface area contributed by atoms with Gasteiger partial charge in [-0.15, -0.1) is 5.10 Å². The maximum Gasteiger partial charge on any atom is 0.421 e. The second-order valence-corrected chi connectivity index (χ2v) is 7.54. The molecule has 38 heavy (non-hydrogen) atoms. The number of aromatic nitrogens is 5. The molecule has 2 heterocycles. The molecule has 0 bridgehead atoms. The van der Waals surface area contributed by atoms with E-state index in [2.05, 4.69) is 20.7 Å². The summed E-state index contributed by atoms with van der Waals surface area (Å²) in [6.45, 7) is 1.21. The average Bonchev–Trinajstić information content (AvgIpc) is 3.42. The van der Waals surface area contributed by atoms with Gasteiger partial charge in [0.25, 0.3) is 5.91 Å². The fourth-order valence-electron chi connectivity index (χ4n) is 3.73. The standard InChI is InChI=1S/C22H16F6N6O2.CH3F/c1-10-18(22(26,27)28)21(33(2)31-10)34-9-16(30-32-34)12-5-4-6-15(19(12)36-3)29-20(35)17-13(24)7-11(23)8-14(17)25;1-2/h4-9H,1-3H3,(H,29,35);1H3. The predicted octanol–water partition coefficient (Wildman–Crippen LogP) is 5.26. The number of methoxy groups -OCH3 is 1. The molecule has 0 aliphatic heterocycles. The average molecular weight is 544 g/mol. The summed E-state index contributed by atoms with van der Waals surface area (Å²) < 4.78 is 98.8. The number of aryl methyl sites for hydroxylation is 2. The second-order valence-electron chi connectivity index (χ2n) is 7.54. The van der Waals surface area contributed by atoms with E-state index in [-0.39, 0.29) is 34.2 Å². The molecule has 1 N–H and O–H groups in total. The first-order chi connectivity index (χ1) is 17.9. The third-order valence-electron chi connectivity index (χ3n) is 5.16. The van der Waals surface area contributed by atoms with Crippen molar-refractivity contribution in [2.24, 2.45) is 7.05 Å². The lowest BCUT2D eigenvalue weighted by molar-refractivity contribution is -0.138. The number of amides is 1. The monoisotopic (exact) mass is 544 g/mol. The first-order valence-electron chi connectivity index (χ1n) is 10.5. The number of carbonyl (C=O) groups excluding carboxylic acids is 1. The summed E-state index contributed by atoms with van der Waals surface area (Å²) in [6, 6.07) is 5.01. The molecule has 2 aromatic carbocycles. The Balaban J connectivity index is 0.00000195. The van der Waals surface area contributed by atoms with Crippen LogP contribution >= 0.6 is 0 Å². The number of anilines is 1. The molecule has 1 amide bonds. The highest BCUT2D eigenvalue weighted by molar-refractivity contribution is 6.06. The molecule has 0 unspecified atom stereocenters. The van der Waals surface area contributed by atoms with Crippen molar-refractivity contribution in [2.75, 3.05) is 19.6 Å². The number of carbonyl (C=O) groups is 1. The zero-order valence-corrected chi connectivity index (χ0v) is 20.2. The van der Waals surface area contributed by atoms with Crippen LogP contribution in [0.3, 0.4) is 0 Å². The highest BCUT2D eigenvalue weighted by Crippen LogP contribution is 2.38.